The number of aryl methyl sites for hydroxylation is 1. The van der Waals surface area contributed by atoms with Crippen LogP contribution in [0.5, 0.6) is 0 Å². The van der Waals surface area contributed by atoms with E-state index < -0.39 is 0 Å². The lowest BCUT2D eigenvalue weighted by atomic mass is 10.0. The largest absolute Gasteiger partial charge is 0.336 e. The molecule has 3 aromatic rings. The second kappa shape index (κ2) is 13.0. The highest BCUT2D eigenvalue weighted by Crippen LogP contribution is 2.21. The van der Waals surface area contributed by atoms with Gasteiger partial charge in [0.25, 0.3) is 0 Å². The molecule has 3 rings (SSSR count). The Labute approximate surface area is 216 Å². The van der Waals surface area contributed by atoms with Crippen LogP contribution in [-0.4, -0.2) is 17.7 Å². The lowest BCUT2D eigenvalue weighted by molar-refractivity contribution is 0.552. The Kier molecular flexibility index (Phi) is 9.75. The molecule has 0 aliphatic rings. The van der Waals surface area contributed by atoms with Crippen LogP contribution < -0.4 is 0 Å². The molecule has 0 spiro atoms. The molecule has 0 saturated heterocycles. The molecule has 0 aliphatic carbocycles. The molecular formula is C32H36N2S. The minimum absolute atomic E-state index is 0.731. The van der Waals surface area contributed by atoms with Crippen molar-refractivity contribution >= 4 is 23.9 Å². The molecule has 2 nitrogen and oxygen atoms in total. The summed E-state index contributed by atoms with van der Waals surface area (Å²) in [7, 11) is 2.08. The molecule has 0 fully saturated rings. The second-order valence-electron chi connectivity index (χ2n) is 8.96. The van der Waals surface area contributed by atoms with E-state index in [4.69, 9.17) is 4.99 Å². The standard InChI is InChI=1S/C32H36N2S/c1-6-31(21-28-17-18-30(23-35)24(2)19-28)33-32(25(3)20-27-13-9-7-10-14-27)34(5)22-26(4)29-15-11-8-12-16-29/h6-19,22,35H,1,20-21,23H2,2-5H3/b26-22+,32-25+,33-31+. The smallest absolute Gasteiger partial charge is 0.131 e. The van der Waals surface area contributed by atoms with Crippen molar-refractivity contribution in [1.82, 2.24) is 4.90 Å². The molecule has 3 aromatic carbocycles. The number of hydrogen-bond donors (Lipinski definition) is 1. The van der Waals surface area contributed by atoms with Gasteiger partial charge in [0.1, 0.15) is 5.82 Å². The summed E-state index contributed by atoms with van der Waals surface area (Å²) in [5.41, 5.74) is 9.56. The first-order valence-electron chi connectivity index (χ1n) is 12.0. The zero-order valence-corrected chi connectivity index (χ0v) is 22.2. The van der Waals surface area contributed by atoms with E-state index in [0.29, 0.717) is 0 Å². The van der Waals surface area contributed by atoms with Crippen molar-refractivity contribution in [2.45, 2.75) is 39.4 Å². The SMILES string of the molecule is C=C/C(Cc1ccc(CS)c(C)c1)=N\C(=C(\C)Cc1ccccc1)N(C)/C=C(\C)c1ccccc1. The first-order valence-corrected chi connectivity index (χ1v) is 12.6. The molecule has 0 saturated carbocycles. The minimum atomic E-state index is 0.731. The van der Waals surface area contributed by atoms with E-state index in [9.17, 15) is 0 Å². The third-order valence-electron chi connectivity index (χ3n) is 6.09. The third-order valence-corrected chi connectivity index (χ3v) is 6.43. The van der Waals surface area contributed by atoms with Gasteiger partial charge in [-0.25, -0.2) is 4.99 Å². The minimum Gasteiger partial charge on any atom is -0.336 e. The van der Waals surface area contributed by atoms with Crippen molar-refractivity contribution in [1.29, 1.82) is 0 Å². The number of benzene rings is 3. The quantitative estimate of drug-likeness (QED) is 0.229. The normalized spacial score (nSPS) is 12.8. The molecule has 35 heavy (non-hydrogen) atoms. The summed E-state index contributed by atoms with van der Waals surface area (Å²) in [4.78, 5) is 7.29. The van der Waals surface area contributed by atoms with E-state index in [-0.39, 0.29) is 0 Å². The predicted octanol–water partition coefficient (Wildman–Crippen LogP) is 8.06. The molecular weight excluding hydrogens is 444 g/mol. The summed E-state index contributed by atoms with van der Waals surface area (Å²) in [6, 6.07) is 27.6. The molecule has 0 aromatic heterocycles. The van der Waals surface area contributed by atoms with Crippen LogP contribution in [-0.2, 0) is 18.6 Å². The molecule has 0 N–H and O–H groups in total. The fourth-order valence-electron chi connectivity index (χ4n) is 4.13. The zero-order chi connectivity index (χ0) is 25.2. The maximum atomic E-state index is 5.15. The molecule has 0 atom stereocenters. The van der Waals surface area contributed by atoms with Crippen molar-refractivity contribution in [3.8, 4) is 0 Å². The van der Waals surface area contributed by atoms with Crippen LogP contribution in [0, 0.1) is 6.92 Å². The highest BCUT2D eigenvalue weighted by atomic mass is 32.1. The van der Waals surface area contributed by atoms with Crippen molar-refractivity contribution in [2.75, 3.05) is 7.05 Å². The van der Waals surface area contributed by atoms with Crippen LogP contribution in [0.1, 0.15) is 41.7 Å². The second-order valence-corrected chi connectivity index (χ2v) is 9.27. The van der Waals surface area contributed by atoms with Crippen LogP contribution in [0.15, 0.2) is 114 Å². The molecule has 0 aliphatic heterocycles. The highest BCUT2D eigenvalue weighted by Gasteiger charge is 2.11. The topological polar surface area (TPSA) is 15.6 Å². The summed E-state index contributed by atoms with van der Waals surface area (Å²) in [5, 5.41) is 0. The monoisotopic (exact) mass is 480 g/mol. The van der Waals surface area contributed by atoms with Gasteiger partial charge >= 0.3 is 0 Å². The summed E-state index contributed by atoms with van der Waals surface area (Å²) in [6.07, 6.45) is 5.60. The molecule has 0 heterocycles. The zero-order valence-electron chi connectivity index (χ0n) is 21.3. The first kappa shape index (κ1) is 26.3. The number of allylic oxidation sites excluding steroid dienone is 3. The maximum absolute atomic E-state index is 5.15. The van der Waals surface area contributed by atoms with Crippen molar-refractivity contribution < 1.29 is 0 Å². The van der Waals surface area contributed by atoms with Gasteiger partial charge < -0.3 is 4.90 Å². The van der Waals surface area contributed by atoms with Crippen LogP contribution in [0.25, 0.3) is 5.57 Å². The molecule has 3 heteroatoms. The Hall–Kier alpha value is -3.30. The van der Waals surface area contributed by atoms with Crippen molar-refractivity contribution in [3.63, 3.8) is 0 Å². The summed E-state index contributed by atoms with van der Waals surface area (Å²) in [6.45, 7) is 10.5. The van der Waals surface area contributed by atoms with E-state index in [1.165, 1.54) is 39.0 Å². The molecule has 0 radical (unpaired) electrons. The van der Waals surface area contributed by atoms with E-state index >= 15 is 0 Å². The van der Waals surface area contributed by atoms with Gasteiger partial charge in [-0.05, 0) is 72.2 Å². The summed E-state index contributed by atoms with van der Waals surface area (Å²) >= 11 is 4.43. The van der Waals surface area contributed by atoms with Crippen LogP contribution in [0.4, 0.5) is 0 Å². The van der Waals surface area contributed by atoms with Gasteiger partial charge in [-0.3, -0.25) is 0 Å². The van der Waals surface area contributed by atoms with Crippen molar-refractivity contribution in [3.05, 3.63) is 137 Å². The van der Waals surface area contributed by atoms with Gasteiger partial charge in [0, 0.05) is 31.1 Å². The number of hydrogen-bond acceptors (Lipinski definition) is 3. The van der Waals surface area contributed by atoms with Gasteiger partial charge in [-0.1, -0.05) is 85.4 Å². The average Bonchev–Trinajstić information content (AvgIpc) is 2.87. The Morgan fingerprint density at radius 3 is 2.17 bits per heavy atom. The lowest BCUT2D eigenvalue weighted by Crippen LogP contribution is -2.15. The van der Waals surface area contributed by atoms with Crippen LogP contribution >= 0.6 is 12.6 Å². The molecule has 180 valence electrons. The molecule has 0 bridgehead atoms. The van der Waals surface area contributed by atoms with E-state index in [2.05, 4.69) is 131 Å². The number of nitrogens with zero attached hydrogens (tertiary/aromatic N) is 2. The van der Waals surface area contributed by atoms with Crippen LogP contribution in [0.2, 0.25) is 0 Å². The van der Waals surface area contributed by atoms with Gasteiger partial charge in [0.15, 0.2) is 0 Å². The maximum Gasteiger partial charge on any atom is 0.131 e. The van der Waals surface area contributed by atoms with Gasteiger partial charge in [-0.2, -0.15) is 12.6 Å². The highest BCUT2D eigenvalue weighted by molar-refractivity contribution is 7.79. The number of thiol groups is 1. The van der Waals surface area contributed by atoms with Gasteiger partial charge in [0.05, 0.1) is 0 Å². The third kappa shape index (κ3) is 7.60. The average molecular weight is 481 g/mol. The predicted molar refractivity (Wildman–Crippen MR) is 156 cm³/mol. The van der Waals surface area contributed by atoms with Crippen LogP contribution in [0.3, 0.4) is 0 Å². The number of rotatable bonds is 10. The Balaban J connectivity index is 1.98. The fraction of sp³-hybridized carbons (Fsp3) is 0.219. The first-order chi connectivity index (χ1) is 16.9. The van der Waals surface area contributed by atoms with E-state index in [1.54, 1.807) is 0 Å². The van der Waals surface area contributed by atoms with Gasteiger partial charge in [0.2, 0.25) is 0 Å². The van der Waals surface area contributed by atoms with Gasteiger partial charge in [-0.15, -0.1) is 0 Å². The Morgan fingerprint density at radius 2 is 1.57 bits per heavy atom. The number of aliphatic imine (C=N–C) groups is 1. The Bertz CT molecular complexity index is 1220. The molecule has 0 amide bonds. The fourth-order valence-corrected chi connectivity index (χ4v) is 4.49. The lowest BCUT2D eigenvalue weighted by Gasteiger charge is -2.21. The Morgan fingerprint density at radius 1 is 0.914 bits per heavy atom. The van der Waals surface area contributed by atoms with Crippen molar-refractivity contribution in [2.24, 2.45) is 4.99 Å². The summed E-state index contributed by atoms with van der Waals surface area (Å²) < 4.78 is 0. The molecule has 0 unspecified atom stereocenters. The van der Waals surface area contributed by atoms with E-state index in [1.807, 2.05) is 12.1 Å². The summed E-state index contributed by atoms with van der Waals surface area (Å²) in [5.74, 6) is 1.69. The van der Waals surface area contributed by atoms with E-state index in [0.717, 1.165) is 30.1 Å².